The number of hydrogen-bond donors (Lipinski definition) is 3. The number of imidazole rings is 1. The van der Waals surface area contributed by atoms with Gasteiger partial charge in [0.25, 0.3) is 0 Å². The molecule has 0 aliphatic rings. The molecule has 11 heavy (non-hydrogen) atoms. The molecule has 2 heterocycles. The van der Waals surface area contributed by atoms with Crippen LogP contribution in [0.2, 0.25) is 0 Å². The van der Waals surface area contributed by atoms with E-state index in [0.717, 1.165) is 5.52 Å². The van der Waals surface area contributed by atoms with Crippen LogP contribution in [0.5, 0.6) is 0 Å². The smallest absolute Gasteiger partial charge is 0.182 e. The van der Waals surface area contributed by atoms with Crippen molar-refractivity contribution in [1.82, 2.24) is 19.9 Å². The van der Waals surface area contributed by atoms with Crippen molar-refractivity contribution in [3.8, 4) is 0 Å². The summed E-state index contributed by atoms with van der Waals surface area (Å²) in [4.78, 5) is 14.7. The summed E-state index contributed by atoms with van der Waals surface area (Å²) in [5.74, 6) is 0.635. The second kappa shape index (κ2) is 2.39. The van der Waals surface area contributed by atoms with E-state index in [1.807, 2.05) is 0 Å². The van der Waals surface area contributed by atoms with Crippen molar-refractivity contribution >= 4 is 29.8 Å². The van der Waals surface area contributed by atoms with E-state index in [1.165, 1.54) is 6.33 Å². The molecule has 0 atom stereocenters. The van der Waals surface area contributed by atoms with Crippen LogP contribution in [0, 0.1) is 0 Å². The van der Waals surface area contributed by atoms with Gasteiger partial charge in [0.1, 0.15) is 11.8 Å². The Morgan fingerprint density at radius 3 is 3.09 bits per heavy atom. The lowest BCUT2D eigenvalue weighted by Crippen LogP contribution is -1.88. The maximum atomic E-state index is 3.95. The molecule has 56 valence electrons. The highest BCUT2D eigenvalue weighted by Crippen LogP contribution is 2.13. The number of anilines is 1. The highest BCUT2D eigenvalue weighted by atomic mass is 32.1. The van der Waals surface area contributed by atoms with Gasteiger partial charge in [-0.1, -0.05) is 12.8 Å². The average Bonchev–Trinajstić information content (AvgIpc) is 2.50. The molecule has 0 aromatic carbocycles. The fraction of sp³-hybridized carbons (Fsp3) is 0. The first kappa shape index (κ1) is 6.41. The Morgan fingerprint density at radius 2 is 2.27 bits per heavy atom. The van der Waals surface area contributed by atoms with Gasteiger partial charge in [0.05, 0.1) is 6.33 Å². The van der Waals surface area contributed by atoms with Crippen molar-refractivity contribution in [2.75, 3.05) is 4.72 Å². The van der Waals surface area contributed by atoms with Gasteiger partial charge >= 0.3 is 0 Å². The Kier molecular flexibility index (Phi) is 1.39. The molecule has 0 bridgehead atoms. The summed E-state index contributed by atoms with van der Waals surface area (Å²) in [6, 6.07) is 0. The molecule has 2 aromatic heterocycles. The molecule has 0 aliphatic heterocycles. The minimum atomic E-state index is 0.635. The van der Waals surface area contributed by atoms with Crippen molar-refractivity contribution in [2.45, 2.75) is 0 Å². The summed E-state index contributed by atoms with van der Waals surface area (Å²) in [7, 11) is 0. The molecule has 0 saturated heterocycles. The third-order valence-electron chi connectivity index (χ3n) is 1.33. The van der Waals surface area contributed by atoms with Crippen LogP contribution in [-0.4, -0.2) is 19.9 Å². The lowest BCUT2D eigenvalue weighted by atomic mass is 10.5. The van der Waals surface area contributed by atoms with Crippen molar-refractivity contribution in [2.24, 2.45) is 0 Å². The predicted molar refractivity (Wildman–Crippen MR) is 44.3 cm³/mol. The quantitative estimate of drug-likeness (QED) is 0.544. The first-order valence-electron chi connectivity index (χ1n) is 2.96. The van der Waals surface area contributed by atoms with Gasteiger partial charge in [-0.15, -0.1) is 0 Å². The van der Waals surface area contributed by atoms with Crippen molar-refractivity contribution in [1.29, 1.82) is 0 Å². The Morgan fingerprint density at radius 1 is 1.36 bits per heavy atom. The summed E-state index contributed by atoms with van der Waals surface area (Å²) >= 11 is 3.87. The summed E-state index contributed by atoms with van der Waals surface area (Å²) in [5, 5.41) is 0. The minimum Gasteiger partial charge on any atom is -0.340 e. The van der Waals surface area contributed by atoms with Crippen LogP contribution in [0.15, 0.2) is 12.7 Å². The number of rotatable bonds is 1. The van der Waals surface area contributed by atoms with Crippen LogP contribution in [0.4, 0.5) is 5.82 Å². The first-order valence-corrected chi connectivity index (χ1v) is 3.40. The van der Waals surface area contributed by atoms with E-state index in [4.69, 9.17) is 0 Å². The summed E-state index contributed by atoms with van der Waals surface area (Å²) in [6.07, 6.45) is 3.00. The topological polar surface area (TPSA) is 66.5 Å². The van der Waals surface area contributed by atoms with Gasteiger partial charge < -0.3 is 9.71 Å². The Balaban J connectivity index is 2.79. The number of aromatic amines is 1. The van der Waals surface area contributed by atoms with Crippen LogP contribution < -0.4 is 4.72 Å². The molecular weight excluding hydrogens is 162 g/mol. The average molecular weight is 167 g/mol. The predicted octanol–water partition coefficient (Wildman–Crippen LogP) is 0.610. The van der Waals surface area contributed by atoms with Crippen LogP contribution >= 0.6 is 12.8 Å². The first-order chi connectivity index (χ1) is 5.42. The number of fused-ring (bicyclic) bond motifs is 1. The Bertz CT molecular complexity index is 370. The second-order valence-electron chi connectivity index (χ2n) is 1.94. The van der Waals surface area contributed by atoms with Crippen molar-refractivity contribution < 1.29 is 0 Å². The summed E-state index contributed by atoms with van der Waals surface area (Å²) < 4.78 is 2.63. The molecule has 6 heteroatoms. The SMILES string of the molecule is SNc1ncnc2nc[nH]c12. The number of nitrogens with zero attached hydrogens (tertiary/aromatic N) is 3. The number of hydrogen-bond acceptors (Lipinski definition) is 5. The van der Waals surface area contributed by atoms with Gasteiger partial charge in [0.15, 0.2) is 11.5 Å². The van der Waals surface area contributed by atoms with E-state index in [-0.39, 0.29) is 0 Å². The van der Waals surface area contributed by atoms with Crippen molar-refractivity contribution in [3.63, 3.8) is 0 Å². The van der Waals surface area contributed by atoms with E-state index < -0.39 is 0 Å². The fourth-order valence-electron chi connectivity index (χ4n) is 0.850. The molecule has 2 rings (SSSR count). The van der Waals surface area contributed by atoms with Crippen molar-refractivity contribution in [3.05, 3.63) is 12.7 Å². The number of aromatic nitrogens is 4. The van der Waals surface area contributed by atoms with Crippen LogP contribution in [0.25, 0.3) is 11.2 Å². The molecule has 0 aliphatic carbocycles. The number of H-pyrrole nitrogens is 1. The molecule has 5 nitrogen and oxygen atoms in total. The van der Waals surface area contributed by atoms with Crippen LogP contribution in [-0.2, 0) is 0 Å². The third-order valence-corrected chi connectivity index (χ3v) is 1.54. The molecule has 0 radical (unpaired) electrons. The maximum Gasteiger partial charge on any atom is 0.182 e. The van der Waals surface area contributed by atoms with Gasteiger partial charge in [-0.2, -0.15) is 0 Å². The molecule has 0 unspecified atom stereocenters. The number of nitrogens with one attached hydrogen (secondary N) is 2. The lowest BCUT2D eigenvalue weighted by molar-refractivity contribution is 1.21. The molecule has 0 spiro atoms. The van der Waals surface area contributed by atoms with Gasteiger partial charge in [0, 0.05) is 0 Å². The normalized spacial score (nSPS) is 10.3. The zero-order chi connectivity index (χ0) is 7.68. The summed E-state index contributed by atoms with van der Waals surface area (Å²) in [5.41, 5.74) is 1.40. The highest BCUT2D eigenvalue weighted by Gasteiger charge is 2.01. The van der Waals surface area contributed by atoms with E-state index in [0.29, 0.717) is 11.5 Å². The van der Waals surface area contributed by atoms with Gasteiger partial charge in [-0.05, 0) is 0 Å². The van der Waals surface area contributed by atoms with Gasteiger partial charge in [-0.25, -0.2) is 15.0 Å². The van der Waals surface area contributed by atoms with E-state index in [2.05, 4.69) is 37.5 Å². The molecule has 2 N–H and O–H groups in total. The fourth-order valence-corrected chi connectivity index (χ4v) is 1.02. The highest BCUT2D eigenvalue weighted by molar-refractivity contribution is 7.81. The van der Waals surface area contributed by atoms with E-state index in [9.17, 15) is 0 Å². The number of thiol groups is 1. The minimum absolute atomic E-state index is 0.635. The van der Waals surface area contributed by atoms with E-state index >= 15 is 0 Å². The molecule has 0 amide bonds. The second-order valence-corrected chi connectivity index (χ2v) is 2.16. The Labute approximate surface area is 67.8 Å². The third kappa shape index (κ3) is 0.911. The van der Waals surface area contributed by atoms with Gasteiger partial charge in [0.2, 0.25) is 0 Å². The zero-order valence-corrected chi connectivity index (χ0v) is 6.34. The van der Waals surface area contributed by atoms with Gasteiger partial charge in [-0.3, -0.25) is 0 Å². The maximum absolute atomic E-state index is 3.95. The van der Waals surface area contributed by atoms with Crippen LogP contribution in [0.3, 0.4) is 0 Å². The molecule has 0 fully saturated rings. The monoisotopic (exact) mass is 167 g/mol. The Hall–Kier alpha value is -1.30. The molecule has 0 saturated carbocycles. The molecular formula is C5H5N5S. The molecule has 2 aromatic rings. The largest absolute Gasteiger partial charge is 0.340 e. The zero-order valence-electron chi connectivity index (χ0n) is 5.44. The summed E-state index contributed by atoms with van der Waals surface area (Å²) in [6.45, 7) is 0. The lowest BCUT2D eigenvalue weighted by Gasteiger charge is -1.95. The standard InChI is InChI=1S/C5H5N5S/c11-10-5-3-4(7-1-6-3)8-2-9-5/h1-2,11H,(H2,6,7,8,9,10). The van der Waals surface area contributed by atoms with E-state index in [1.54, 1.807) is 6.33 Å². The van der Waals surface area contributed by atoms with Crippen LogP contribution in [0.1, 0.15) is 0 Å².